The Kier molecular flexibility index (Phi) is 4.49. The van der Waals surface area contributed by atoms with E-state index in [2.05, 4.69) is 5.32 Å². The molecule has 0 radical (unpaired) electrons. The predicted octanol–water partition coefficient (Wildman–Crippen LogP) is 3.74. The Hall–Kier alpha value is -2.91. The molecule has 0 bridgehead atoms. The second-order valence-corrected chi connectivity index (χ2v) is 5.59. The van der Waals surface area contributed by atoms with Crippen molar-refractivity contribution in [2.75, 3.05) is 13.6 Å². The zero-order valence-corrected chi connectivity index (χ0v) is 14.0. The number of hydrogen-bond acceptors (Lipinski definition) is 3. The van der Waals surface area contributed by atoms with Crippen molar-refractivity contribution in [3.05, 3.63) is 108 Å². The van der Waals surface area contributed by atoms with Crippen LogP contribution < -0.4 is 5.32 Å². The van der Waals surface area contributed by atoms with Gasteiger partial charge in [-0.2, -0.15) is 0 Å². The summed E-state index contributed by atoms with van der Waals surface area (Å²) in [6.07, 6.45) is 0. The molecule has 126 valence electrons. The minimum Gasteiger partial charge on any atom is -0.468 e. The van der Waals surface area contributed by atoms with Crippen molar-refractivity contribution < 1.29 is 12.3 Å². The van der Waals surface area contributed by atoms with Crippen LogP contribution in [0.15, 0.2) is 91.0 Å². The van der Waals surface area contributed by atoms with E-state index < -0.39 is 18.0 Å². The highest BCUT2D eigenvalue weighted by Crippen LogP contribution is 2.36. The summed E-state index contributed by atoms with van der Waals surface area (Å²) in [6.45, 7) is -2.41. The third-order valence-corrected chi connectivity index (χ3v) is 4.16. The lowest BCUT2D eigenvalue weighted by Crippen LogP contribution is -2.47. The molecule has 3 heteroatoms. The van der Waals surface area contributed by atoms with Gasteiger partial charge in [-0.25, -0.2) is 0 Å². The summed E-state index contributed by atoms with van der Waals surface area (Å²) in [5, 5.41) is 2.97. The van der Waals surface area contributed by atoms with E-state index in [9.17, 15) is 4.79 Å². The molecule has 3 aromatic carbocycles. The highest BCUT2D eigenvalue weighted by atomic mass is 16.5. The van der Waals surface area contributed by atoms with Crippen LogP contribution in [0.1, 0.15) is 19.4 Å². The van der Waals surface area contributed by atoms with Gasteiger partial charge in [0.1, 0.15) is 0 Å². The van der Waals surface area contributed by atoms with Gasteiger partial charge in [-0.05, 0) is 16.7 Å². The topological polar surface area (TPSA) is 38.3 Å². The summed E-state index contributed by atoms with van der Waals surface area (Å²) in [6, 6.07) is 28.6. The SMILES string of the molecule is [2H]C([2H])(NC(c1ccccc1)(c1ccccc1)c1ccccc1)C(=O)OC. The molecule has 25 heavy (non-hydrogen) atoms. The van der Waals surface area contributed by atoms with Gasteiger partial charge in [0.15, 0.2) is 0 Å². The first-order valence-corrected chi connectivity index (χ1v) is 8.05. The van der Waals surface area contributed by atoms with Crippen molar-refractivity contribution in [1.29, 1.82) is 0 Å². The van der Waals surface area contributed by atoms with Crippen molar-refractivity contribution >= 4 is 5.97 Å². The second kappa shape index (κ2) is 7.77. The zero-order valence-electron chi connectivity index (χ0n) is 16.0. The molecule has 0 saturated carbocycles. The van der Waals surface area contributed by atoms with Crippen molar-refractivity contribution in [1.82, 2.24) is 5.32 Å². The highest BCUT2D eigenvalue weighted by Gasteiger charge is 2.36. The lowest BCUT2D eigenvalue weighted by Gasteiger charge is -2.36. The molecule has 0 aliphatic rings. The van der Waals surface area contributed by atoms with Crippen molar-refractivity contribution in [3.8, 4) is 0 Å². The summed E-state index contributed by atoms with van der Waals surface area (Å²) in [7, 11) is 1.18. The second-order valence-electron chi connectivity index (χ2n) is 5.59. The van der Waals surface area contributed by atoms with Crippen LogP contribution in [-0.2, 0) is 15.1 Å². The maximum Gasteiger partial charge on any atom is 0.319 e. The number of carbonyl (C=O) groups is 1. The minimum absolute atomic E-state index is 0.815. The third kappa shape index (κ3) is 3.47. The van der Waals surface area contributed by atoms with Crippen molar-refractivity contribution in [2.45, 2.75) is 5.54 Å². The summed E-state index contributed by atoms with van der Waals surface area (Å²) in [5.74, 6) is -0.977. The fraction of sp³-hybridized carbons (Fsp3) is 0.136. The van der Waals surface area contributed by atoms with Gasteiger partial charge in [0.25, 0.3) is 0 Å². The van der Waals surface area contributed by atoms with Gasteiger partial charge < -0.3 is 4.74 Å². The molecule has 3 nitrogen and oxygen atoms in total. The molecule has 0 amide bonds. The minimum atomic E-state index is -2.41. The van der Waals surface area contributed by atoms with E-state index in [1.165, 1.54) is 7.11 Å². The van der Waals surface area contributed by atoms with Crippen molar-refractivity contribution in [2.24, 2.45) is 0 Å². The highest BCUT2D eigenvalue weighted by molar-refractivity contribution is 5.72. The number of benzene rings is 3. The normalized spacial score (nSPS) is 12.8. The van der Waals surface area contributed by atoms with Crippen LogP contribution in [0.5, 0.6) is 0 Å². The lowest BCUT2D eigenvalue weighted by atomic mass is 9.77. The Bertz CT molecular complexity index is 787. The molecule has 0 aromatic heterocycles. The van der Waals surface area contributed by atoms with Gasteiger partial charge in [-0.15, -0.1) is 0 Å². The standard InChI is InChI=1S/C22H21NO2/c1-25-21(24)17-23-22(18-11-5-2-6-12-18,19-13-7-3-8-14-19)20-15-9-4-10-16-20/h2-16,23H,17H2,1H3/i17D2. The third-order valence-electron chi connectivity index (χ3n) is 4.16. The largest absolute Gasteiger partial charge is 0.468 e. The fourth-order valence-electron chi connectivity index (χ4n) is 2.98. The molecule has 0 unspecified atom stereocenters. The Morgan fingerprint density at radius 1 is 0.840 bits per heavy atom. The molecule has 0 heterocycles. The number of rotatable bonds is 6. The first-order chi connectivity index (χ1) is 13.0. The monoisotopic (exact) mass is 333 g/mol. The zero-order chi connectivity index (χ0) is 19.3. The Balaban J connectivity index is 2.31. The molecule has 0 saturated heterocycles. The van der Waals surface area contributed by atoms with E-state index in [4.69, 9.17) is 7.48 Å². The van der Waals surface area contributed by atoms with Crippen LogP contribution in [0.3, 0.4) is 0 Å². The number of methoxy groups -OCH3 is 1. The molecule has 0 aliphatic heterocycles. The first kappa shape index (κ1) is 14.4. The fourth-order valence-corrected chi connectivity index (χ4v) is 2.98. The Labute approximate surface area is 151 Å². The number of ether oxygens (including phenoxy) is 1. The van der Waals surface area contributed by atoms with Crippen LogP contribution in [0.25, 0.3) is 0 Å². The maximum atomic E-state index is 12.1. The molecule has 0 spiro atoms. The molecule has 3 rings (SSSR count). The van der Waals surface area contributed by atoms with E-state index in [1.807, 2.05) is 91.0 Å². The van der Waals surface area contributed by atoms with E-state index in [1.54, 1.807) is 0 Å². The van der Waals surface area contributed by atoms with Gasteiger partial charge >= 0.3 is 5.97 Å². The molecule has 0 atom stereocenters. The molecule has 0 aliphatic carbocycles. The van der Waals surface area contributed by atoms with Crippen LogP contribution >= 0.6 is 0 Å². The summed E-state index contributed by atoms with van der Waals surface area (Å²) in [4.78, 5) is 12.1. The number of carbonyl (C=O) groups excluding carboxylic acids is 1. The van der Waals surface area contributed by atoms with Gasteiger partial charge in [0, 0.05) is 0 Å². The van der Waals surface area contributed by atoms with E-state index in [-0.39, 0.29) is 0 Å². The van der Waals surface area contributed by atoms with E-state index >= 15 is 0 Å². The summed E-state index contributed by atoms with van der Waals surface area (Å²) in [5.41, 5.74) is 1.36. The quantitative estimate of drug-likeness (QED) is 0.552. The first-order valence-electron chi connectivity index (χ1n) is 9.05. The van der Waals surface area contributed by atoms with E-state index in [0.717, 1.165) is 16.7 Å². The summed E-state index contributed by atoms with van der Waals surface area (Å²) >= 11 is 0. The smallest absolute Gasteiger partial charge is 0.319 e. The lowest BCUT2D eigenvalue weighted by molar-refractivity contribution is -0.139. The number of hydrogen-bond donors (Lipinski definition) is 1. The van der Waals surface area contributed by atoms with Gasteiger partial charge in [0.05, 0.1) is 21.9 Å². The van der Waals surface area contributed by atoms with Crippen LogP contribution in [0, 0.1) is 0 Å². The van der Waals surface area contributed by atoms with Crippen LogP contribution in [0.2, 0.25) is 0 Å². The van der Waals surface area contributed by atoms with Crippen molar-refractivity contribution in [3.63, 3.8) is 0 Å². The van der Waals surface area contributed by atoms with Gasteiger partial charge in [-0.3, -0.25) is 10.1 Å². The van der Waals surface area contributed by atoms with Crippen LogP contribution in [-0.4, -0.2) is 19.6 Å². The average molecular weight is 333 g/mol. The molecule has 1 N–H and O–H groups in total. The van der Waals surface area contributed by atoms with Gasteiger partial charge in [0.2, 0.25) is 0 Å². The molecular formula is C22H21NO2. The van der Waals surface area contributed by atoms with E-state index in [0.29, 0.717) is 0 Å². The van der Waals surface area contributed by atoms with Gasteiger partial charge in [-0.1, -0.05) is 91.0 Å². The molecule has 3 aromatic rings. The maximum absolute atomic E-state index is 12.1. The molecule has 0 fully saturated rings. The number of esters is 1. The number of nitrogens with one attached hydrogen (secondary N) is 1. The Morgan fingerprint density at radius 3 is 1.52 bits per heavy atom. The predicted molar refractivity (Wildman–Crippen MR) is 99.2 cm³/mol. The summed E-state index contributed by atoms with van der Waals surface area (Å²) < 4.78 is 21.3. The average Bonchev–Trinajstić information content (AvgIpc) is 2.73. The van der Waals surface area contributed by atoms with Crippen LogP contribution in [0.4, 0.5) is 0 Å². The Morgan fingerprint density at radius 2 is 1.20 bits per heavy atom. The molecular weight excluding hydrogens is 310 g/mol.